The van der Waals surface area contributed by atoms with Gasteiger partial charge in [0.2, 0.25) is 5.91 Å². The van der Waals surface area contributed by atoms with Gasteiger partial charge in [-0.15, -0.1) is 0 Å². The smallest absolute Gasteiger partial charge is 0.220 e. The highest BCUT2D eigenvalue weighted by Gasteiger charge is 2.09. The van der Waals surface area contributed by atoms with Crippen LogP contribution in [-0.4, -0.2) is 25.3 Å². The van der Waals surface area contributed by atoms with Crippen LogP contribution in [0.25, 0.3) is 0 Å². The van der Waals surface area contributed by atoms with Gasteiger partial charge in [-0.2, -0.15) is 0 Å². The third-order valence-corrected chi connectivity index (χ3v) is 4.29. The normalized spacial score (nSPS) is 10.4. The first-order valence-corrected chi connectivity index (χ1v) is 9.14. The number of rotatable bonds is 10. The average molecular weight is 353 g/mol. The zero-order valence-corrected chi connectivity index (χ0v) is 15.6. The molecule has 0 saturated heterocycles. The Morgan fingerprint density at radius 1 is 0.885 bits per heavy atom. The summed E-state index contributed by atoms with van der Waals surface area (Å²) in [5.74, 6) is 0.742. The van der Waals surface area contributed by atoms with Crippen LogP contribution >= 0.6 is 0 Å². The number of nitrogens with one attached hydrogen (secondary N) is 1. The van der Waals surface area contributed by atoms with Gasteiger partial charge in [0.25, 0.3) is 0 Å². The molecule has 138 valence electrons. The van der Waals surface area contributed by atoms with Crippen LogP contribution in [0.2, 0.25) is 0 Å². The van der Waals surface area contributed by atoms with E-state index in [1.165, 1.54) is 5.56 Å². The highest BCUT2D eigenvalue weighted by atomic mass is 16.5. The SMILES string of the molecule is CCCc1ccc(C(=O)CCC(=O)NCCc2ccc(OC)cc2)cc1. The van der Waals surface area contributed by atoms with Crippen molar-refractivity contribution in [2.75, 3.05) is 13.7 Å². The van der Waals surface area contributed by atoms with E-state index in [0.717, 1.165) is 30.6 Å². The van der Waals surface area contributed by atoms with Gasteiger partial charge >= 0.3 is 0 Å². The number of ether oxygens (including phenoxy) is 1. The monoisotopic (exact) mass is 353 g/mol. The van der Waals surface area contributed by atoms with E-state index < -0.39 is 0 Å². The summed E-state index contributed by atoms with van der Waals surface area (Å²) in [6, 6.07) is 15.5. The summed E-state index contributed by atoms with van der Waals surface area (Å²) in [7, 11) is 1.64. The molecule has 0 aliphatic rings. The Labute approximate surface area is 155 Å². The molecule has 0 unspecified atom stereocenters. The highest BCUT2D eigenvalue weighted by Crippen LogP contribution is 2.12. The van der Waals surface area contributed by atoms with E-state index in [-0.39, 0.29) is 24.5 Å². The Bertz CT molecular complexity index is 705. The molecule has 4 nitrogen and oxygen atoms in total. The van der Waals surface area contributed by atoms with Crippen molar-refractivity contribution in [2.45, 2.75) is 39.0 Å². The van der Waals surface area contributed by atoms with Gasteiger partial charge in [0.1, 0.15) is 5.75 Å². The van der Waals surface area contributed by atoms with Crippen molar-refractivity contribution in [2.24, 2.45) is 0 Å². The second-order valence-corrected chi connectivity index (χ2v) is 6.32. The molecule has 2 aromatic rings. The molecule has 1 N–H and O–H groups in total. The van der Waals surface area contributed by atoms with Crippen molar-refractivity contribution >= 4 is 11.7 Å². The van der Waals surface area contributed by atoms with Crippen LogP contribution in [0.4, 0.5) is 0 Å². The molecule has 0 saturated carbocycles. The van der Waals surface area contributed by atoms with Gasteiger partial charge in [0.15, 0.2) is 5.78 Å². The average Bonchev–Trinajstić information content (AvgIpc) is 2.67. The summed E-state index contributed by atoms with van der Waals surface area (Å²) in [4.78, 5) is 24.1. The minimum absolute atomic E-state index is 0.0124. The van der Waals surface area contributed by atoms with Gasteiger partial charge in [-0.3, -0.25) is 9.59 Å². The number of methoxy groups -OCH3 is 1. The molecular weight excluding hydrogens is 326 g/mol. The minimum Gasteiger partial charge on any atom is -0.497 e. The Kier molecular flexibility index (Phi) is 7.87. The minimum atomic E-state index is -0.0885. The van der Waals surface area contributed by atoms with Crippen molar-refractivity contribution in [3.63, 3.8) is 0 Å². The van der Waals surface area contributed by atoms with Gasteiger partial charge in [0, 0.05) is 24.9 Å². The van der Waals surface area contributed by atoms with Gasteiger partial charge < -0.3 is 10.1 Å². The van der Waals surface area contributed by atoms with Crippen LogP contribution in [0.5, 0.6) is 5.75 Å². The van der Waals surface area contributed by atoms with Crippen LogP contribution in [0, 0.1) is 0 Å². The van der Waals surface area contributed by atoms with E-state index in [1.54, 1.807) is 7.11 Å². The van der Waals surface area contributed by atoms with Gasteiger partial charge in [0.05, 0.1) is 7.11 Å². The van der Waals surface area contributed by atoms with Crippen LogP contribution < -0.4 is 10.1 Å². The van der Waals surface area contributed by atoms with Crippen LogP contribution in [-0.2, 0) is 17.6 Å². The number of hydrogen-bond donors (Lipinski definition) is 1. The summed E-state index contributed by atoms with van der Waals surface area (Å²) >= 11 is 0. The zero-order valence-electron chi connectivity index (χ0n) is 15.6. The van der Waals surface area contributed by atoms with Crippen molar-refractivity contribution in [1.82, 2.24) is 5.32 Å². The largest absolute Gasteiger partial charge is 0.497 e. The molecule has 2 aromatic carbocycles. The van der Waals surface area contributed by atoms with E-state index in [2.05, 4.69) is 12.2 Å². The Morgan fingerprint density at radius 3 is 2.12 bits per heavy atom. The van der Waals surface area contributed by atoms with Gasteiger partial charge in [-0.05, 0) is 36.1 Å². The Hall–Kier alpha value is -2.62. The first-order chi connectivity index (χ1) is 12.6. The third kappa shape index (κ3) is 6.36. The fourth-order valence-electron chi connectivity index (χ4n) is 2.74. The number of carbonyl (C=O) groups excluding carboxylic acids is 2. The first kappa shape index (κ1) is 19.7. The van der Waals surface area contributed by atoms with Crippen LogP contribution in [0.15, 0.2) is 48.5 Å². The number of carbonyl (C=O) groups is 2. The summed E-state index contributed by atoms with van der Waals surface area (Å²) in [6.07, 6.45) is 3.32. The predicted molar refractivity (Wildman–Crippen MR) is 104 cm³/mol. The Morgan fingerprint density at radius 2 is 1.50 bits per heavy atom. The Balaban J connectivity index is 1.69. The lowest BCUT2D eigenvalue weighted by Gasteiger charge is -2.07. The summed E-state index contributed by atoms with van der Waals surface area (Å²) in [5.41, 5.74) is 3.05. The molecule has 0 heterocycles. The molecule has 0 spiro atoms. The number of aryl methyl sites for hydroxylation is 1. The molecule has 26 heavy (non-hydrogen) atoms. The lowest BCUT2D eigenvalue weighted by molar-refractivity contribution is -0.121. The van der Waals surface area contributed by atoms with E-state index >= 15 is 0 Å². The fourth-order valence-corrected chi connectivity index (χ4v) is 2.74. The fraction of sp³-hybridized carbons (Fsp3) is 0.364. The highest BCUT2D eigenvalue weighted by molar-refractivity contribution is 5.97. The lowest BCUT2D eigenvalue weighted by atomic mass is 10.0. The second-order valence-electron chi connectivity index (χ2n) is 6.32. The number of amides is 1. The molecule has 4 heteroatoms. The maximum Gasteiger partial charge on any atom is 0.220 e. The van der Waals surface area contributed by atoms with Crippen molar-refractivity contribution in [3.05, 3.63) is 65.2 Å². The van der Waals surface area contributed by atoms with Gasteiger partial charge in [-0.1, -0.05) is 49.7 Å². The molecule has 0 bridgehead atoms. The molecule has 0 aromatic heterocycles. The van der Waals surface area contributed by atoms with Crippen molar-refractivity contribution in [3.8, 4) is 5.75 Å². The molecule has 1 amide bonds. The molecule has 2 rings (SSSR count). The standard InChI is InChI=1S/C22H27NO3/c1-3-4-17-5-9-19(10-6-17)21(24)13-14-22(25)23-16-15-18-7-11-20(26-2)12-8-18/h5-12H,3-4,13-16H2,1-2H3,(H,23,25). The second kappa shape index (κ2) is 10.4. The van der Waals surface area contributed by atoms with E-state index in [0.29, 0.717) is 12.1 Å². The lowest BCUT2D eigenvalue weighted by Crippen LogP contribution is -2.26. The predicted octanol–water partition coefficient (Wildman–Crippen LogP) is 3.97. The van der Waals surface area contributed by atoms with Crippen molar-refractivity contribution in [1.29, 1.82) is 0 Å². The number of ketones is 1. The maximum absolute atomic E-state index is 12.2. The number of Topliss-reactive ketones (excluding diaryl/α,β-unsaturated/α-hetero) is 1. The quantitative estimate of drug-likeness (QED) is 0.658. The first-order valence-electron chi connectivity index (χ1n) is 9.14. The van der Waals surface area contributed by atoms with E-state index in [9.17, 15) is 9.59 Å². The molecule has 0 fully saturated rings. The number of benzene rings is 2. The third-order valence-electron chi connectivity index (χ3n) is 4.29. The molecule has 0 radical (unpaired) electrons. The molecule has 0 atom stereocenters. The van der Waals surface area contributed by atoms with Crippen LogP contribution in [0.3, 0.4) is 0 Å². The summed E-state index contributed by atoms with van der Waals surface area (Å²) < 4.78 is 5.12. The summed E-state index contributed by atoms with van der Waals surface area (Å²) in [5, 5.41) is 2.87. The maximum atomic E-state index is 12.2. The molecule has 0 aliphatic carbocycles. The van der Waals surface area contributed by atoms with E-state index in [4.69, 9.17) is 4.74 Å². The molecular formula is C22H27NO3. The summed E-state index contributed by atoms with van der Waals surface area (Å²) in [6.45, 7) is 2.69. The van der Waals surface area contributed by atoms with E-state index in [1.807, 2.05) is 48.5 Å². The van der Waals surface area contributed by atoms with Crippen LogP contribution in [0.1, 0.15) is 47.7 Å². The topological polar surface area (TPSA) is 55.4 Å². The molecule has 0 aliphatic heterocycles. The van der Waals surface area contributed by atoms with Crippen molar-refractivity contribution < 1.29 is 14.3 Å². The number of hydrogen-bond acceptors (Lipinski definition) is 3. The zero-order chi connectivity index (χ0) is 18.8. The van der Waals surface area contributed by atoms with Gasteiger partial charge in [-0.25, -0.2) is 0 Å².